The van der Waals surface area contributed by atoms with E-state index < -0.39 is 0 Å². The quantitative estimate of drug-likeness (QED) is 0.665. The molecule has 1 atom stereocenters. The minimum atomic E-state index is 0.148. The van der Waals surface area contributed by atoms with Crippen molar-refractivity contribution in [1.29, 1.82) is 0 Å². The van der Waals surface area contributed by atoms with Crippen molar-refractivity contribution in [3.63, 3.8) is 0 Å². The lowest BCUT2D eigenvalue weighted by molar-refractivity contribution is -0.140. The lowest BCUT2D eigenvalue weighted by Crippen LogP contribution is -2.63. The SMILES string of the molecule is CC(C)(C)C1NCCOC12CCCCC2. The first-order chi connectivity index (χ1) is 7.05. The van der Waals surface area contributed by atoms with Crippen LogP contribution in [0.1, 0.15) is 52.9 Å². The van der Waals surface area contributed by atoms with E-state index >= 15 is 0 Å². The lowest BCUT2D eigenvalue weighted by atomic mass is 9.69. The Labute approximate surface area is 93.8 Å². The zero-order valence-electron chi connectivity index (χ0n) is 10.4. The van der Waals surface area contributed by atoms with Crippen LogP contribution in [0.2, 0.25) is 0 Å². The molecule has 15 heavy (non-hydrogen) atoms. The summed E-state index contributed by atoms with van der Waals surface area (Å²) in [4.78, 5) is 0. The standard InChI is InChI=1S/C13H25NO/c1-12(2,3)11-13(15-10-9-14-11)7-5-4-6-8-13/h11,14H,4-10H2,1-3H3. The van der Waals surface area contributed by atoms with E-state index in [4.69, 9.17) is 4.74 Å². The first kappa shape index (κ1) is 11.4. The molecule has 0 amide bonds. The van der Waals surface area contributed by atoms with Gasteiger partial charge in [-0.2, -0.15) is 0 Å². The summed E-state index contributed by atoms with van der Waals surface area (Å²) in [5.41, 5.74) is 0.451. The van der Waals surface area contributed by atoms with Gasteiger partial charge in [-0.15, -0.1) is 0 Å². The van der Waals surface area contributed by atoms with Crippen molar-refractivity contribution in [2.24, 2.45) is 5.41 Å². The normalized spacial score (nSPS) is 31.8. The highest BCUT2D eigenvalue weighted by molar-refractivity contribution is 5.02. The molecule has 2 aliphatic rings. The number of morpholine rings is 1. The van der Waals surface area contributed by atoms with Crippen molar-refractivity contribution in [1.82, 2.24) is 5.32 Å². The summed E-state index contributed by atoms with van der Waals surface area (Å²) in [7, 11) is 0. The van der Waals surface area contributed by atoms with Crippen molar-refractivity contribution in [3.05, 3.63) is 0 Å². The van der Waals surface area contributed by atoms with Crippen LogP contribution in [0.5, 0.6) is 0 Å². The van der Waals surface area contributed by atoms with Crippen molar-refractivity contribution >= 4 is 0 Å². The van der Waals surface area contributed by atoms with Crippen molar-refractivity contribution < 1.29 is 4.74 Å². The van der Waals surface area contributed by atoms with Gasteiger partial charge in [0, 0.05) is 12.6 Å². The molecule has 88 valence electrons. The Morgan fingerprint density at radius 2 is 1.80 bits per heavy atom. The fourth-order valence-corrected chi connectivity index (χ4v) is 3.41. The number of hydrogen-bond donors (Lipinski definition) is 1. The van der Waals surface area contributed by atoms with Crippen molar-refractivity contribution in [2.45, 2.75) is 64.5 Å². The predicted octanol–water partition coefficient (Wildman–Crippen LogP) is 2.72. The zero-order chi connectivity index (χ0) is 10.9. The van der Waals surface area contributed by atoms with Gasteiger partial charge in [-0.3, -0.25) is 0 Å². The third-order valence-corrected chi connectivity index (χ3v) is 3.93. The maximum atomic E-state index is 6.18. The monoisotopic (exact) mass is 211 g/mol. The second kappa shape index (κ2) is 4.06. The summed E-state index contributed by atoms with van der Waals surface area (Å²) in [5, 5.41) is 3.69. The highest BCUT2D eigenvalue weighted by Gasteiger charge is 2.47. The summed E-state index contributed by atoms with van der Waals surface area (Å²) >= 11 is 0. The van der Waals surface area contributed by atoms with Gasteiger partial charge >= 0.3 is 0 Å². The highest BCUT2D eigenvalue weighted by Crippen LogP contribution is 2.42. The molecule has 1 spiro atoms. The summed E-state index contributed by atoms with van der Waals surface area (Å²) in [6.45, 7) is 8.90. The van der Waals surface area contributed by atoms with E-state index in [1.165, 1.54) is 32.1 Å². The van der Waals surface area contributed by atoms with Crippen LogP contribution >= 0.6 is 0 Å². The molecule has 0 aromatic carbocycles. The molecule has 0 aromatic rings. The Bertz CT molecular complexity index is 205. The Balaban J connectivity index is 2.17. The average Bonchev–Trinajstić information content (AvgIpc) is 2.18. The topological polar surface area (TPSA) is 21.3 Å². The van der Waals surface area contributed by atoms with Crippen LogP contribution in [0.4, 0.5) is 0 Å². The van der Waals surface area contributed by atoms with E-state index in [1.54, 1.807) is 0 Å². The third-order valence-electron chi connectivity index (χ3n) is 3.93. The van der Waals surface area contributed by atoms with Gasteiger partial charge in [-0.05, 0) is 18.3 Å². The molecule has 0 bridgehead atoms. The molecule has 1 aliphatic carbocycles. The van der Waals surface area contributed by atoms with E-state index in [0.717, 1.165) is 13.2 Å². The van der Waals surface area contributed by atoms with Crippen molar-refractivity contribution in [3.8, 4) is 0 Å². The summed E-state index contributed by atoms with van der Waals surface area (Å²) in [6.07, 6.45) is 6.58. The van der Waals surface area contributed by atoms with Crippen LogP contribution in [0, 0.1) is 5.41 Å². The van der Waals surface area contributed by atoms with Crippen LogP contribution < -0.4 is 5.32 Å². The minimum absolute atomic E-state index is 0.148. The van der Waals surface area contributed by atoms with Crippen LogP contribution in [0.3, 0.4) is 0 Å². The summed E-state index contributed by atoms with van der Waals surface area (Å²) < 4.78 is 6.18. The Hall–Kier alpha value is -0.0800. The summed E-state index contributed by atoms with van der Waals surface area (Å²) in [6, 6.07) is 0.527. The lowest BCUT2D eigenvalue weighted by Gasteiger charge is -2.52. The first-order valence-corrected chi connectivity index (χ1v) is 6.42. The predicted molar refractivity (Wildman–Crippen MR) is 63.0 cm³/mol. The van der Waals surface area contributed by atoms with Gasteiger partial charge in [0.15, 0.2) is 0 Å². The highest BCUT2D eigenvalue weighted by atomic mass is 16.5. The molecule has 1 saturated carbocycles. The molecule has 1 unspecified atom stereocenters. The largest absolute Gasteiger partial charge is 0.372 e. The molecule has 0 radical (unpaired) electrons. The van der Waals surface area contributed by atoms with Gasteiger partial charge in [-0.25, -0.2) is 0 Å². The molecule has 2 fully saturated rings. The van der Waals surface area contributed by atoms with Gasteiger partial charge in [0.05, 0.1) is 12.2 Å². The van der Waals surface area contributed by atoms with E-state index in [0.29, 0.717) is 11.5 Å². The van der Waals surface area contributed by atoms with Gasteiger partial charge in [0.1, 0.15) is 0 Å². The Morgan fingerprint density at radius 1 is 1.13 bits per heavy atom. The maximum Gasteiger partial charge on any atom is 0.0840 e. The van der Waals surface area contributed by atoms with E-state index in [2.05, 4.69) is 26.1 Å². The Kier molecular flexibility index (Phi) is 3.09. The fraction of sp³-hybridized carbons (Fsp3) is 1.00. The van der Waals surface area contributed by atoms with Crippen LogP contribution in [0.25, 0.3) is 0 Å². The molecule has 1 aliphatic heterocycles. The smallest absolute Gasteiger partial charge is 0.0840 e. The van der Waals surface area contributed by atoms with E-state index in [1.807, 2.05) is 0 Å². The van der Waals surface area contributed by atoms with Gasteiger partial charge in [-0.1, -0.05) is 40.0 Å². The van der Waals surface area contributed by atoms with E-state index in [9.17, 15) is 0 Å². The number of rotatable bonds is 0. The van der Waals surface area contributed by atoms with Crippen molar-refractivity contribution in [2.75, 3.05) is 13.2 Å². The van der Waals surface area contributed by atoms with Gasteiger partial charge in [0.25, 0.3) is 0 Å². The number of hydrogen-bond acceptors (Lipinski definition) is 2. The molecule has 2 heteroatoms. The zero-order valence-corrected chi connectivity index (χ0v) is 10.4. The average molecular weight is 211 g/mol. The van der Waals surface area contributed by atoms with Crippen LogP contribution in [0.15, 0.2) is 0 Å². The fourth-order valence-electron chi connectivity index (χ4n) is 3.41. The molecule has 1 N–H and O–H groups in total. The molecule has 2 nitrogen and oxygen atoms in total. The minimum Gasteiger partial charge on any atom is -0.372 e. The molecular weight excluding hydrogens is 186 g/mol. The maximum absolute atomic E-state index is 6.18. The second-order valence-electron chi connectivity index (χ2n) is 6.23. The molecule has 1 heterocycles. The van der Waals surface area contributed by atoms with Crippen LogP contribution in [-0.4, -0.2) is 24.8 Å². The molecule has 0 aromatic heterocycles. The number of ether oxygens (including phenoxy) is 1. The number of nitrogens with one attached hydrogen (secondary N) is 1. The van der Waals surface area contributed by atoms with Gasteiger partial charge in [0.2, 0.25) is 0 Å². The van der Waals surface area contributed by atoms with Gasteiger partial charge < -0.3 is 10.1 Å². The van der Waals surface area contributed by atoms with Crippen LogP contribution in [-0.2, 0) is 4.74 Å². The molecule has 2 rings (SSSR count). The molecular formula is C13H25NO. The third kappa shape index (κ3) is 2.21. The van der Waals surface area contributed by atoms with E-state index in [-0.39, 0.29) is 5.60 Å². The molecule has 1 saturated heterocycles. The first-order valence-electron chi connectivity index (χ1n) is 6.42. The second-order valence-corrected chi connectivity index (χ2v) is 6.23. The summed E-state index contributed by atoms with van der Waals surface area (Å²) in [5.74, 6) is 0. The Morgan fingerprint density at radius 3 is 2.40 bits per heavy atom.